The van der Waals surface area contributed by atoms with E-state index in [1.165, 1.54) is 36.4 Å². The number of hydrogen-bond donors (Lipinski definition) is 1. The monoisotopic (exact) mass is 487 g/mol. The van der Waals surface area contributed by atoms with E-state index in [9.17, 15) is 13.2 Å². The van der Waals surface area contributed by atoms with Crippen molar-refractivity contribution in [2.45, 2.75) is 44.1 Å². The molecule has 4 rings (SSSR count). The number of esters is 1. The molecule has 1 aliphatic heterocycles. The van der Waals surface area contributed by atoms with Crippen molar-refractivity contribution in [3.05, 3.63) is 59.7 Å². The molecule has 3 aromatic rings. The Morgan fingerprint density at radius 1 is 1.06 bits per heavy atom. The minimum Gasteiger partial charge on any atom is -0.486 e. The average molecular weight is 488 g/mol. The summed E-state index contributed by atoms with van der Waals surface area (Å²) < 4.78 is 49.5. The van der Waals surface area contributed by atoms with E-state index in [0.29, 0.717) is 30.5 Å². The molecule has 0 aliphatic carbocycles. The zero-order chi connectivity index (χ0) is 24.5. The first-order valence-corrected chi connectivity index (χ1v) is 12.1. The zero-order valence-corrected chi connectivity index (χ0v) is 20.0. The van der Waals surface area contributed by atoms with Crippen LogP contribution in [0.1, 0.15) is 55.9 Å². The van der Waals surface area contributed by atoms with E-state index in [-0.39, 0.29) is 27.5 Å². The molecule has 0 radical (unpaired) electrons. The number of nitrogens with one attached hydrogen (secondary N) is 1. The molecule has 0 amide bonds. The standard InChI is InChI=1S/C23H25N3O7S/c1-14(20-24-22(25-33-20)23(2,3)4)32-21(27)15-5-7-16(8-6-15)26-34(28,29)17-9-10-18-19(13-17)31-12-11-30-18/h5-10,13-14,26H,11-12H2,1-4H3. The normalized spacial score (nSPS) is 14.4. The zero-order valence-electron chi connectivity index (χ0n) is 19.2. The van der Waals surface area contributed by atoms with Crippen LogP contribution in [0, 0.1) is 0 Å². The predicted octanol–water partition coefficient (Wildman–Crippen LogP) is 3.86. The van der Waals surface area contributed by atoms with E-state index < -0.39 is 22.1 Å². The highest BCUT2D eigenvalue weighted by molar-refractivity contribution is 7.92. The van der Waals surface area contributed by atoms with Gasteiger partial charge in [-0.25, -0.2) is 13.2 Å². The lowest BCUT2D eigenvalue weighted by Gasteiger charge is -2.19. The van der Waals surface area contributed by atoms with E-state index >= 15 is 0 Å². The molecule has 0 saturated carbocycles. The summed E-state index contributed by atoms with van der Waals surface area (Å²) in [5.74, 6) is 0.973. The van der Waals surface area contributed by atoms with Gasteiger partial charge in [-0.1, -0.05) is 25.9 Å². The van der Waals surface area contributed by atoms with Crippen molar-refractivity contribution in [1.29, 1.82) is 0 Å². The summed E-state index contributed by atoms with van der Waals surface area (Å²) in [6, 6.07) is 10.3. The first kappa shape index (κ1) is 23.6. The van der Waals surface area contributed by atoms with Crippen molar-refractivity contribution < 1.29 is 31.9 Å². The SMILES string of the molecule is CC(OC(=O)c1ccc(NS(=O)(=O)c2ccc3c(c2)OCCO3)cc1)c1nc(C(C)(C)C)no1. The van der Waals surface area contributed by atoms with Gasteiger partial charge in [-0.15, -0.1) is 0 Å². The Hall–Kier alpha value is -3.60. The molecule has 1 aromatic heterocycles. The largest absolute Gasteiger partial charge is 0.486 e. The molecule has 0 spiro atoms. The number of hydrogen-bond acceptors (Lipinski definition) is 9. The van der Waals surface area contributed by atoms with Crippen LogP contribution in [-0.2, 0) is 20.2 Å². The van der Waals surface area contributed by atoms with Gasteiger partial charge in [-0.2, -0.15) is 4.98 Å². The van der Waals surface area contributed by atoms with Crippen molar-refractivity contribution >= 4 is 21.7 Å². The molecular weight excluding hydrogens is 462 g/mol. The van der Waals surface area contributed by atoms with Gasteiger partial charge in [-0.05, 0) is 43.3 Å². The number of aromatic nitrogens is 2. The Balaban J connectivity index is 1.41. The van der Waals surface area contributed by atoms with Gasteiger partial charge >= 0.3 is 5.97 Å². The van der Waals surface area contributed by atoms with Crippen LogP contribution >= 0.6 is 0 Å². The maximum absolute atomic E-state index is 12.8. The Bertz CT molecular complexity index is 1290. The third-order valence-electron chi connectivity index (χ3n) is 4.94. The van der Waals surface area contributed by atoms with Gasteiger partial charge in [0.1, 0.15) is 13.2 Å². The topological polar surface area (TPSA) is 130 Å². The Labute approximate surface area is 197 Å². The second-order valence-electron chi connectivity index (χ2n) is 8.74. The van der Waals surface area contributed by atoms with Crippen molar-refractivity contribution in [1.82, 2.24) is 10.1 Å². The molecule has 0 fully saturated rings. The van der Waals surface area contributed by atoms with E-state index in [4.69, 9.17) is 18.7 Å². The summed E-state index contributed by atoms with van der Waals surface area (Å²) in [5, 5.41) is 3.93. The van der Waals surface area contributed by atoms with Gasteiger partial charge < -0.3 is 18.7 Å². The summed E-state index contributed by atoms with van der Waals surface area (Å²) in [6.45, 7) is 8.24. The number of carbonyl (C=O) groups is 1. The molecule has 1 atom stereocenters. The third kappa shape index (κ3) is 5.14. The van der Waals surface area contributed by atoms with Gasteiger partial charge in [0.05, 0.1) is 10.5 Å². The minimum atomic E-state index is -3.87. The molecule has 11 heteroatoms. The lowest BCUT2D eigenvalue weighted by atomic mass is 9.96. The molecule has 1 unspecified atom stereocenters. The van der Waals surface area contributed by atoms with Crippen LogP contribution in [0.5, 0.6) is 11.5 Å². The van der Waals surface area contributed by atoms with Gasteiger partial charge in [0.2, 0.25) is 0 Å². The molecule has 180 valence electrons. The van der Waals surface area contributed by atoms with E-state index in [1.807, 2.05) is 20.8 Å². The molecule has 1 aliphatic rings. The van der Waals surface area contributed by atoms with Crippen molar-refractivity contribution in [2.75, 3.05) is 17.9 Å². The quantitative estimate of drug-likeness (QED) is 0.515. The molecule has 0 bridgehead atoms. The Kier molecular flexibility index (Phi) is 6.22. The molecule has 2 heterocycles. The predicted molar refractivity (Wildman–Crippen MR) is 122 cm³/mol. The Morgan fingerprint density at radius 3 is 2.38 bits per heavy atom. The van der Waals surface area contributed by atoms with Gasteiger partial charge in [0, 0.05) is 17.2 Å². The van der Waals surface area contributed by atoms with E-state index in [2.05, 4.69) is 14.9 Å². The maximum atomic E-state index is 12.8. The first-order valence-electron chi connectivity index (χ1n) is 10.6. The fraction of sp³-hybridized carbons (Fsp3) is 0.348. The highest BCUT2D eigenvalue weighted by Gasteiger charge is 2.25. The number of sulfonamides is 1. The fourth-order valence-corrected chi connectivity index (χ4v) is 4.14. The van der Waals surface area contributed by atoms with E-state index in [0.717, 1.165) is 0 Å². The fourth-order valence-electron chi connectivity index (χ4n) is 3.06. The van der Waals surface area contributed by atoms with Crippen LogP contribution < -0.4 is 14.2 Å². The lowest BCUT2D eigenvalue weighted by Crippen LogP contribution is -2.17. The molecule has 2 aromatic carbocycles. The number of benzene rings is 2. The molecule has 1 N–H and O–H groups in total. The van der Waals surface area contributed by atoms with Crippen LogP contribution in [0.4, 0.5) is 5.69 Å². The number of fused-ring (bicyclic) bond motifs is 1. The van der Waals surface area contributed by atoms with Gasteiger partial charge in [-0.3, -0.25) is 4.72 Å². The number of anilines is 1. The van der Waals surface area contributed by atoms with Crippen LogP contribution in [0.3, 0.4) is 0 Å². The van der Waals surface area contributed by atoms with Gasteiger partial charge in [0.25, 0.3) is 15.9 Å². The second kappa shape index (κ2) is 8.98. The molecule has 10 nitrogen and oxygen atoms in total. The van der Waals surface area contributed by atoms with Crippen molar-refractivity contribution in [3.8, 4) is 11.5 Å². The van der Waals surface area contributed by atoms with Crippen LogP contribution in [-0.4, -0.2) is 37.7 Å². The average Bonchev–Trinajstić information content (AvgIpc) is 3.30. The second-order valence-corrected chi connectivity index (χ2v) is 10.4. The third-order valence-corrected chi connectivity index (χ3v) is 6.32. The highest BCUT2D eigenvalue weighted by atomic mass is 32.2. The summed E-state index contributed by atoms with van der Waals surface area (Å²) in [4.78, 5) is 16.8. The minimum absolute atomic E-state index is 0.0308. The number of carbonyl (C=O) groups excluding carboxylic acids is 1. The molecule has 0 saturated heterocycles. The smallest absolute Gasteiger partial charge is 0.338 e. The lowest BCUT2D eigenvalue weighted by molar-refractivity contribution is 0.0265. The first-order chi connectivity index (χ1) is 16.0. The van der Waals surface area contributed by atoms with Crippen LogP contribution in [0.25, 0.3) is 0 Å². The summed E-state index contributed by atoms with van der Waals surface area (Å²) >= 11 is 0. The van der Waals surface area contributed by atoms with E-state index in [1.54, 1.807) is 13.0 Å². The number of nitrogens with zero attached hydrogens (tertiary/aromatic N) is 2. The molecule has 34 heavy (non-hydrogen) atoms. The summed E-state index contributed by atoms with van der Waals surface area (Å²) in [7, 11) is -3.87. The maximum Gasteiger partial charge on any atom is 0.338 e. The van der Waals surface area contributed by atoms with Crippen molar-refractivity contribution in [2.24, 2.45) is 0 Å². The summed E-state index contributed by atoms with van der Waals surface area (Å²) in [5.41, 5.74) is 0.227. The Morgan fingerprint density at radius 2 is 1.74 bits per heavy atom. The van der Waals surface area contributed by atoms with Crippen LogP contribution in [0.2, 0.25) is 0 Å². The highest BCUT2D eigenvalue weighted by Crippen LogP contribution is 2.33. The summed E-state index contributed by atoms with van der Waals surface area (Å²) in [6.07, 6.45) is -0.746. The van der Waals surface area contributed by atoms with Gasteiger partial charge in [0.15, 0.2) is 23.4 Å². The van der Waals surface area contributed by atoms with Crippen LogP contribution in [0.15, 0.2) is 51.9 Å². The number of rotatable bonds is 6. The number of ether oxygens (including phenoxy) is 3. The molecular formula is C23H25N3O7S. The van der Waals surface area contributed by atoms with Crippen molar-refractivity contribution in [3.63, 3.8) is 0 Å².